The Hall–Kier alpha value is -2.00. The number of pyridine rings is 1. The average Bonchev–Trinajstić information content (AvgIpc) is 2.44. The number of halogens is 5. The van der Waals surface area contributed by atoms with E-state index >= 15 is 0 Å². The number of carboxylic acid groups (broad SMARTS) is 1. The second-order valence-corrected chi connectivity index (χ2v) is 6.03. The summed E-state index contributed by atoms with van der Waals surface area (Å²) in [6.45, 7) is 0. The zero-order valence-corrected chi connectivity index (χ0v) is 13.3. The van der Waals surface area contributed by atoms with E-state index in [2.05, 4.69) is 4.98 Å². The van der Waals surface area contributed by atoms with E-state index in [0.717, 1.165) is 12.1 Å². The number of aromatic carboxylic acids is 1. The minimum atomic E-state index is -4.51. The molecule has 0 fully saturated rings. The Bertz CT molecular complexity index is 799. The Balaban J connectivity index is 2.52. The van der Waals surface area contributed by atoms with Crippen LogP contribution in [0.5, 0.6) is 0 Å². The molecule has 0 saturated carbocycles. The molecule has 0 aliphatic carbocycles. The van der Waals surface area contributed by atoms with Gasteiger partial charge in [0.25, 0.3) is 0 Å². The first-order valence-electron chi connectivity index (χ1n) is 6.27. The van der Waals surface area contributed by atoms with Gasteiger partial charge in [-0.15, -0.1) is 11.8 Å². The summed E-state index contributed by atoms with van der Waals surface area (Å²) in [4.78, 5) is 14.7. The fraction of sp³-hybridized carbons (Fsp3) is 0.143. The Labute approximate surface area is 142 Å². The number of carboxylic acids is 1. The second kappa shape index (κ2) is 6.86. The number of alkyl halides is 3. The molecule has 0 atom stereocenters. The van der Waals surface area contributed by atoms with Crippen molar-refractivity contribution in [1.29, 1.82) is 0 Å². The number of hydrogen-bond donors (Lipinski definition) is 2. The SMILES string of the molecule is Nc1cc(-c2ccc(Cl)cc2F)nc(C(=O)O)c1SCC(F)(F)F. The van der Waals surface area contributed by atoms with Crippen LogP contribution in [0.4, 0.5) is 23.2 Å². The molecule has 128 valence electrons. The highest BCUT2D eigenvalue weighted by atomic mass is 35.5. The minimum Gasteiger partial charge on any atom is -0.476 e. The summed E-state index contributed by atoms with van der Waals surface area (Å²) in [5.74, 6) is -3.66. The predicted molar refractivity (Wildman–Crippen MR) is 82.8 cm³/mol. The van der Waals surface area contributed by atoms with Crippen molar-refractivity contribution < 1.29 is 27.5 Å². The van der Waals surface area contributed by atoms with Gasteiger partial charge in [0.15, 0.2) is 5.69 Å². The topological polar surface area (TPSA) is 76.2 Å². The molecule has 0 unspecified atom stereocenters. The van der Waals surface area contributed by atoms with Crippen LogP contribution in [0.3, 0.4) is 0 Å². The van der Waals surface area contributed by atoms with Crippen LogP contribution >= 0.6 is 23.4 Å². The summed E-state index contributed by atoms with van der Waals surface area (Å²) >= 11 is 5.85. The van der Waals surface area contributed by atoms with Gasteiger partial charge in [-0.3, -0.25) is 0 Å². The Morgan fingerprint density at radius 2 is 2.00 bits per heavy atom. The largest absolute Gasteiger partial charge is 0.476 e. The molecule has 1 heterocycles. The molecule has 10 heteroatoms. The number of hydrogen-bond acceptors (Lipinski definition) is 4. The smallest absolute Gasteiger partial charge is 0.398 e. The van der Waals surface area contributed by atoms with Crippen LogP contribution in [-0.2, 0) is 0 Å². The van der Waals surface area contributed by atoms with Gasteiger partial charge in [-0.25, -0.2) is 14.2 Å². The molecule has 3 N–H and O–H groups in total. The van der Waals surface area contributed by atoms with Crippen molar-refractivity contribution in [3.05, 3.63) is 40.8 Å². The average molecular weight is 381 g/mol. The molecule has 2 rings (SSSR count). The summed E-state index contributed by atoms with van der Waals surface area (Å²) < 4.78 is 51.0. The van der Waals surface area contributed by atoms with Gasteiger partial charge in [-0.2, -0.15) is 13.2 Å². The molecular weight excluding hydrogens is 372 g/mol. The van der Waals surface area contributed by atoms with Gasteiger partial charge < -0.3 is 10.8 Å². The molecule has 1 aromatic carbocycles. The van der Waals surface area contributed by atoms with E-state index in [1.165, 1.54) is 12.1 Å². The summed E-state index contributed by atoms with van der Waals surface area (Å²) in [6, 6.07) is 4.76. The van der Waals surface area contributed by atoms with E-state index in [9.17, 15) is 27.5 Å². The van der Waals surface area contributed by atoms with Crippen molar-refractivity contribution in [3.63, 3.8) is 0 Å². The first-order chi connectivity index (χ1) is 11.1. The van der Waals surface area contributed by atoms with Crippen LogP contribution in [0.15, 0.2) is 29.2 Å². The van der Waals surface area contributed by atoms with Crippen LogP contribution in [0, 0.1) is 5.82 Å². The fourth-order valence-electron chi connectivity index (χ4n) is 1.84. The first kappa shape index (κ1) is 18.3. The molecule has 0 saturated heterocycles. The third-order valence-electron chi connectivity index (χ3n) is 2.79. The number of nitrogen functional groups attached to an aromatic ring is 1. The molecule has 0 radical (unpaired) electrons. The lowest BCUT2D eigenvalue weighted by Gasteiger charge is -2.13. The highest BCUT2D eigenvalue weighted by Gasteiger charge is 2.29. The molecular formula is C14H9ClF4N2O2S. The van der Waals surface area contributed by atoms with Gasteiger partial charge in [-0.05, 0) is 24.3 Å². The van der Waals surface area contributed by atoms with Gasteiger partial charge in [0.2, 0.25) is 0 Å². The molecule has 0 amide bonds. The molecule has 0 bridgehead atoms. The van der Waals surface area contributed by atoms with Crippen LogP contribution in [-0.4, -0.2) is 28.0 Å². The van der Waals surface area contributed by atoms with Crippen molar-refractivity contribution in [2.45, 2.75) is 11.1 Å². The molecule has 2 aromatic rings. The molecule has 1 aromatic heterocycles. The monoisotopic (exact) mass is 380 g/mol. The number of thioether (sulfide) groups is 1. The van der Waals surface area contributed by atoms with Crippen LogP contribution < -0.4 is 5.73 Å². The summed E-state index contributed by atoms with van der Waals surface area (Å²) in [6.07, 6.45) is -4.51. The van der Waals surface area contributed by atoms with Gasteiger partial charge >= 0.3 is 12.1 Å². The molecule has 4 nitrogen and oxygen atoms in total. The van der Waals surface area contributed by atoms with E-state index in [4.69, 9.17) is 17.3 Å². The van der Waals surface area contributed by atoms with E-state index in [1.54, 1.807) is 0 Å². The highest BCUT2D eigenvalue weighted by molar-refractivity contribution is 7.99. The number of anilines is 1. The Morgan fingerprint density at radius 3 is 2.54 bits per heavy atom. The zero-order valence-electron chi connectivity index (χ0n) is 11.7. The normalized spacial score (nSPS) is 11.5. The molecule has 0 spiro atoms. The highest BCUT2D eigenvalue weighted by Crippen LogP contribution is 2.36. The Kier molecular flexibility index (Phi) is 5.24. The van der Waals surface area contributed by atoms with E-state index in [-0.39, 0.29) is 38.6 Å². The van der Waals surface area contributed by atoms with Crippen molar-refractivity contribution in [3.8, 4) is 11.3 Å². The van der Waals surface area contributed by atoms with Crippen molar-refractivity contribution in [1.82, 2.24) is 4.98 Å². The standard InChI is InChI=1S/C14H9ClF4N2O2S/c15-6-1-2-7(8(16)3-6)10-4-9(20)12(11(21-10)13(22)23)24-5-14(17,18)19/h1-4H,5H2,(H2,20,21)(H,22,23). The minimum absolute atomic E-state index is 0.0685. The van der Waals surface area contributed by atoms with Crippen LogP contribution in [0.1, 0.15) is 10.5 Å². The zero-order chi connectivity index (χ0) is 18.1. The fourth-order valence-corrected chi connectivity index (χ4v) is 2.80. The quantitative estimate of drug-likeness (QED) is 0.604. The number of nitrogens with two attached hydrogens (primary N) is 1. The Morgan fingerprint density at radius 1 is 1.33 bits per heavy atom. The number of benzene rings is 1. The maximum Gasteiger partial charge on any atom is 0.398 e. The van der Waals surface area contributed by atoms with Crippen molar-refractivity contribution in [2.24, 2.45) is 0 Å². The first-order valence-corrected chi connectivity index (χ1v) is 7.63. The second-order valence-electron chi connectivity index (χ2n) is 4.61. The summed E-state index contributed by atoms with van der Waals surface area (Å²) in [5, 5.41) is 9.30. The predicted octanol–water partition coefficient (Wildman–Crippen LogP) is 4.48. The van der Waals surface area contributed by atoms with Gasteiger partial charge in [0.1, 0.15) is 5.82 Å². The third-order valence-corrected chi connectivity index (χ3v) is 4.22. The molecule has 24 heavy (non-hydrogen) atoms. The molecule has 0 aliphatic heterocycles. The lowest BCUT2D eigenvalue weighted by atomic mass is 10.1. The lowest BCUT2D eigenvalue weighted by molar-refractivity contribution is -0.105. The lowest BCUT2D eigenvalue weighted by Crippen LogP contribution is -2.13. The van der Waals surface area contributed by atoms with Gasteiger partial charge in [-0.1, -0.05) is 11.6 Å². The van der Waals surface area contributed by atoms with E-state index in [0.29, 0.717) is 0 Å². The van der Waals surface area contributed by atoms with Crippen molar-refractivity contribution >= 4 is 35.0 Å². The molecule has 0 aliphatic rings. The summed E-state index contributed by atoms with van der Waals surface area (Å²) in [5.41, 5.74) is 4.57. The summed E-state index contributed by atoms with van der Waals surface area (Å²) in [7, 11) is 0. The number of rotatable bonds is 4. The number of aromatic nitrogens is 1. The maximum absolute atomic E-state index is 13.9. The van der Waals surface area contributed by atoms with Gasteiger partial charge in [0, 0.05) is 16.3 Å². The van der Waals surface area contributed by atoms with Gasteiger partial charge in [0.05, 0.1) is 16.3 Å². The maximum atomic E-state index is 13.9. The van der Waals surface area contributed by atoms with E-state index < -0.39 is 29.4 Å². The van der Waals surface area contributed by atoms with Crippen LogP contribution in [0.2, 0.25) is 5.02 Å². The van der Waals surface area contributed by atoms with Crippen molar-refractivity contribution in [2.75, 3.05) is 11.5 Å². The number of nitrogens with zero attached hydrogens (tertiary/aromatic N) is 1. The third kappa shape index (κ3) is 4.30. The van der Waals surface area contributed by atoms with E-state index in [1.807, 2.05) is 0 Å². The van der Waals surface area contributed by atoms with Crippen LogP contribution in [0.25, 0.3) is 11.3 Å². The number of carbonyl (C=O) groups is 1.